The zero-order chi connectivity index (χ0) is 18.1. The molecule has 0 radical (unpaired) electrons. The number of rotatable bonds is 4. The molecule has 0 aliphatic carbocycles. The maximum absolute atomic E-state index is 13.9. The second kappa shape index (κ2) is 6.55. The summed E-state index contributed by atoms with van der Waals surface area (Å²) in [4.78, 5) is 8.30. The average molecular weight is 347 g/mol. The number of halogens is 1. The van der Waals surface area contributed by atoms with Crippen LogP contribution in [0.2, 0.25) is 0 Å². The van der Waals surface area contributed by atoms with Gasteiger partial charge in [-0.15, -0.1) is 0 Å². The third-order valence-corrected chi connectivity index (χ3v) is 4.49. The number of fused-ring (bicyclic) bond motifs is 1. The number of benzene rings is 2. The minimum absolute atomic E-state index is 0.318. The van der Waals surface area contributed by atoms with Crippen LogP contribution >= 0.6 is 0 Å². The van der Waals surface area contributed by atoms with Crippen LogP contribution < -0.4 is 5.32 Å². The molecular formula is C20H18FN5. The van der Waals surface area contributed by atoms with Gasteiger partial charge < -0.3 is 5.32 Å². The van der Waals surface area contributed by atoms with Crippen LogP contribution in [0.25, 0.3) is 16.6 Å². The number of hydrogen-bond acceptors (Lipinski definition) is 4. The van der Waals surface area contributed by atoms with Crippen molar-refractivity contribution in [2.24, 2.45) is 0 Å². The van der Waals surface area contributed by atoms with E-state index in [9.17, 15) is 4.39 Å². The zero-order valence-electron chi connectivity index (χ0n) is 14.6. The molecule has 26 heavy (non-hydrogen) atoms. The summed E-state index contributed by atoms with van der Waals surface area (Å²) in [6.45, 7) is 4.58. The smallest absolute Gasteiger partial charge is 0.149 e. The molecule has 1 N–H and O–H groups in total. The number of aryl methyl sites for hydroxylation is 1. The minimum atomic E-state index is -0.350. The molecule has 0 saturated carbocycles. The van der Waals surface area contributed by atoms with E-state index in [1.54, 1.807) is 6.07 Å². The van der Waals surface area contributed by atoms with Crippen LogP contribution in [0.4, 0.5) is 10.2 Å². The lowest BCUT2D eigenvalue weighted by molar-refractivity contribution is 0.636. The molecule has 0 fully saturated rings. The molecule has 0 aliphatic rings. The molecule has 2 aromatic carbocycles. The summed E-state index contributed by atoms with van der Waals surface area (Å²) < 4.78 is 15.9. The second-order valence-corrected chi connectivity index (χ2v) is 6.11. The summed E-state index contributed by atoms with van der Waals surface area (Å²) in [5.74, 6) is 0.262. The van der Waals surface area contributed by atoms with Crippen molar-refractivity contribution >= 4 is 16.7 Å². The van der Waals surface area contributed by atoms with Crippen LogP contribution in [0.5, 0.6) is 0 Å². The van der Waals surface area contributed by atoms with Crippen molar-refractivity contribution in [3.05, 3.63) is 77.6 Å². The molecule has 0 unspecified atom stereocenters. The Morgan fingerprint density at radius 3 is 2.62 bits per heavy atom. The van der Waals surface area contributed by atoms with Gasteiger partial charge in [-0.2, -0.15) is 5.10 Å². The van der Waals surface area contributed by atoms with E-state index in [0.717, 1.165) is 22.6 Å². The standard InChI is InChI=1S/C20H18FN5/c1-13-17(14(2)26(25-13)15-7-4-3-5-8-15)11-22-20-16-9-6-10-18(21)19(16)23-12-24-20/h3-10,12H,11H2,1-2H3,(H,22,23,24). The fraction of sp³-hybridized carbons (Fsp3) is 0.150. The largest absolute Gasteiger partial charge is 0.365 e. The van der Waals surface area contributed by atoms with Crippen LogP contribution in [0, 0.1) is 19.7 Å². The molecule has 0 atom stereocenters. The molecule has 5 nitrogen and oxygen atoms in total. The normalized spacial score (nSPS) is 11.0. The van der Waals surface area contributed by atoms with Crippen molar-refractivity contribution in [3.63, 3.8) is 0 Å². The topological polar surface area (TPSA) is 55.6 Å². The number of para-hydroxylation sites is 2. The first kappa shape index (κ1) is 16.2. The van der Waals surface area contributed by atoms with Crippen molar-refractivity contribution < 1.29 is 4.39 Å². The molecule has 4 aromatic rings. The Morgan fingerprint density at radius 2 is 1.81 bits per heavy atom. The number of aromatic nitrogens is 4. The third-order valence-electron chi connectivity index (χ3n) is 4.49. The van der Waals surface area contributed by atoms with Gasteiger partial charge >= 0.3 is 0 Å². The van der Waals surface area contributed by atoms with Gasteiger partial charge in [-0.25, -0.2) is 19.0 Å². The average Bonchev–Trinajstić information content (AvgIpc) is 2.95. The Morgan fingerprint density at radius 1 is 1.00 bits per heavy atom. The fourth-order valence-corrected chi connectivity index (χ4v) is 3.12. The van der Waals surface area contributed by atoms with Crippen molar-refractivity contribution in [1.82, 2.24) is 19.7 Å². The first-order chi connectivity index (χ1) is 12.6. The molecule has 130 valence electrons. The number of anilines is 1. The van der Waals surface area contributed by atoms with E-state index in [1.807, 2.05) is 54.9 Å². The third kappa shape index (κ3) is 2.79. The lowest BCUT2D eigenvalue weighted by Gasteiger charge is -2.09. The van der Waals surface area contributed by atoms with E-state index in [1.165, 1.54) is 12.4 Å². The molecule has 0 spiro atoms. The first-order valence-corrected chi connectivity index (χ1v) is 8.39. The molecule has 0 bridgehead atoms. The molecule has 0 aliphatic heterocycles. The van der Waals surface area contributed by atoms with E-state index < -0.39 is 0 Å². The molecule has 4 rings (SSSR count). The van der Waals surface area contributed by atoms with Gasteiger partial charge in [0.2, 0.25) is 0 Å². The molecule has 0 saturated heterocycles. The van der Waals surface area contributed by atoms with Gasteiger partial charge in [0.25, 0.3) is 0 Å². The Balaban J connectivity index is 1.66. The van der Waals surface area contributed by atoms with Crippen LogP contribution in [0.1, 0.15) is 17.0 Å². The Bertz CT molecular complexity index is 1070. The van der Waals surface area contributed by atoms with Gasteiger partial charge in [0.05, 0.1) is 11.4 Å². The number of nitrogens with one attached hydrogen (secondary N) is 1. The highest BCUT2D eigenvalue weighted by Gasteiger charge is 2.14. The summed E-state index contributed by atoms with van der Waals surface area (Å²) in [7, 11) is 0. The Hall–Kier alpha value is -3.28. The highest BCUT2D eigenvalue weighted by molar-refractivity contribution is 5.89. The van der Waals surface area contributed by atoms with E-state index in [4.69, 9.17) is 0 Å². The SMILES string of the molecule is Cc1nn(-c2ccccc2)c(C)c1CNc1ncnc2c(F)cccc12. The first-order valence-electron chi connectivity index (χ1n) is 8.39. The molecule has 6 heteroatoms. The molecular weight excluding hydrogens is 329 g/mol. The van der Waals surface area contributed by atoms with Crippen molar-refractivity contribution in [2.45, 2.75) is 20.4 Å². The van der Waals surface area contributed by atoms with E-state index >= 15 is 0 Å². The predicted octanol–water partition coefficient (Wildman–Crippen LogP) is 4.18. The van der Waals surface area contributed by atoms with Crippen LogP contribution in [-0.2, 0) is 6.54 Å². The lowest BCUT2D eigenvalue weighted by atomic mass is 10.2. The predicted molar refractivity (Wildman–Crippen MR) is 99.9 cm³/mol. The molecule has 2 aromatic heterocycles. The maximum atomic E-state index is 13.9. The lowest BCUT2D eigenvalue weighted by Crippen LogP contribution is -2.05. The molecule has 2 heterocycles. The van der Waals surface area contributed by atoms with Crippen LogP contribution in [-0.4, -0.2) is 19.7 Å². The minimum Gasteiger partial charge on any atom is -0.365 e. The van der Waals surface area contributed by atoms with Crippen LogP contribution in [0.3, 0.4) is 0 Å². The zero-order valence-corrected chi connectivity index (χ0v) is 14.6. The summed E-state index contributed by atoms with van der Waals surface area (Å²) in [6.07, 6.45) is 1.38. The van der Waals surface area contributed by atoms with Crippen molar-refractivity contribution in [2.75, 3.05) is 5.32 Å². The van der Waals surface area contributed by atoms with Gasteiger partial charge in [-0.1, -0.05) is 24.3 Å². The highest BCUT2D eigenvalue weighted by atomic mass is 19.1. The summed E-state index contributed by atoms with van der Waals surface area (Å²) in [6, 6.07) is 14.9. The van der Waals surface area contributed by atoms with Crippen molar-refractivity contribution in [1.29, 1.82) is 0 Å². The van der Waals surface area contributed by atoms with E-state index in [0.29, 0.717) is 23.3 Å². The summed E-state index contributed by atoms with van der Waals surface area (Å²) in [5, 5.41) is 8.62. The Labute approximate surface area is 150 Å². The van der Waals surface area contributed by atoms with Gasteiger partial charge in [0.15, 0.2) is 0 Å². The molecule has 0 amide bonds. The Kier molecular flexibility index (Phi) is 4.08. The quantitative estimate of drug-likeness (QED) is 0.602. The second-order valence-electron chi connectivity index (χ2n) is 6.11. The van der Waals surface area contributed by atoms with Gasteiger partial charge in [0, 0.05) is 23.2 Å². The van der Waals surface area contributed by atoms with Gasteiger partial charge in [-0.3, -0.25) is 0 Å². The van der Waals surface area contributed by atoms with Gasteiger partial charge in [0.1, 0.15) is 23.5 Å². The number of nitrogens with zero attached hydrogens (tertiary/aromatic N) is 4. The van der Waals surface area contributed by atoms with E-state index in [-0.39, 0.29) is 5.82 Å². The van der Waals surface area contributed by atoms with Gasteiger partial charge in [-0.05, 0) is 38.1 Å². The van der Waals surface area contributed by atoms with E-state index in [2.05, 4.69) is 20.4 Å². The maximum Gasteiger partial charge on any atom is 0.149 e. The van der Waals surface area contributed by atoms with Crippen molar-refractivity contribution in [3.8, 4) is 5.69 Å². The fourth-order valence-electron chi connectivity index (χ4n) is 3.12. The van der Waals surface area contributed by atoms with Crippen LogP contribution in [0.15, 0.2) is 54.9 Å². The summed E-state index contributed by atoms with van der Waals surface area (Å²) >= 11 is 0. The monoisotopic (exact) mass is 347 g/mol. The number of hydrogen-bond donors (Lipinski definition) is 1. The highest BCUT2D eigenvalue weighted by Crippen LogP contribution is 2.23. The summed E-state index contributed by atoms with van der Waals surface area (Å²) in [5.41, 5.74) is 4.44.